The van der Waals surface area contributed by atoms with Crippen LogP contribution in [0.4, 0.5) is 4.39 Å². The largest absolute Gasteiger partial charge is 0.380 e. The van der Waals surface area contributed by atoms with Crippen molar-refractivity contribution in [3.05, 3.63) is 29.7 Å². The summed E-state index contributed by atoms with van der Waals surface area (Å²) in [6.45, 7) is 2.79. The van der Waals surface area contributed by atoms with Crippen LogP contribution in [-0.4, -0.2) is 72.8 Å². The number of amides is 2. The molecule has 1 aromatic heterocycles. The molecule has 0 spiro atoms. The number of carbonyl (C=O) groups excluding carboxylic acids is 2. The Hall–Kier alpha value is -2.98. The molecule has 2 saturated heterocycles. The minimum absolute atomic E-state index is 0.129. The average Bonchev–Trinajstić information content (AvgIpc) is 3.21. The van der Waals surface area contributed by atoms with Gasteiger partial charge in [0, 0.05) is 29.5 Å². The molecule has 3 aliphatic rings. The number of benzene rings is 1. The molecule has 0 aliphatic carbocycles. The second-order valence-electron chi connectivity index (χ2n) is 8.38. The number of hydrogen-bond acceptors (Lipinski definition) is 7. The summed E-state index contributed by atoms with van der Waals surface area (Å²) in [7, 11) is 0. The third kappa shape index (κ3) is 4.33. The van der Waals surface area contributed by atoms with Crippen LogP contribution in [0.15, 0.2) is 32.7 Å². The second-order valence-corrected chi connectivity index (χ2v) is 8.38. The van der Waals surface area contributed by atoms with Gasteiger partial charge < -0.3 is 14.6 Å². The maximum Gasteiger partial charge on any atom is 0.258 e. The molecule has 2 fully saturated rings. The standard InChI is InChI=1S/C22H24FN5O4/c23-14-1-2-15-18(9-14)32-27-21(15)13-3-6-28(7-4-13)11-20(29)24-10-19-25-17-5-8-31-12-16(17)22(30)26-19/h1-2,9,13,16H,3-8,10-12H2,(H,24,29). The smallest absolute Gasteiger partial charge is 0.258 e. The number of hydrogen-bond donors (Lipinski definition) is 1. The van der Waals surface area contributed by atoms with E-state index in [0.29, 0.717) is 31.1 Å². The van der Waals surface area contributed by atoms with Crippen LogP contribution in [0, 0.1) is 11.7 Å². The fourth-order valence-corrected chi connectivity index (χ4v) is 4.50. The maximum absolute atomic E-state index is 13.4. The lowest BCUT2D eigenvalue weighted by molar-refractivity contribution is -0.123. The van der Waals surface area contributed by atoms with Gasteiger partial charge in [0.15, 0.2) is 11.4 Å². The van der Waals surface area contributed by atoms with E-state index in [9.17, 15) is 14.0 Å². The van der Waals surface area contributed by atoms with E-state index in [2.05, 4.69) is 25.4 Å². The van der Waals surface area contributed by atoms with E-state index in [-0.39, 0.29) is 42.6 Å². The lowest BCUT2D eigenvalue weighted by atomic mass is 9.91. The fraction of sp³-hybridized carbons (Fsp3) is 0.500. The Kier molecular flexibility index (Phi) is 5.79. The van der Waals surface area contributed by atoms with Crippen LogP contribution in [0.2, 0.25) is 0 Å². The monoisotopic (exact) mass is 441 g/mol. The third-order valence-corrected chi connectivity index (χ3v) is 6.25. The van der Waals surface area contributed by atoms with Gasteiger partial charge >= 0.3 is 0 Å². The maximum atomic E-state index is 13.4. The summed E-state index contributed by atoms with van der Waals surface area (Å²) in [6.07, 6.45) is 2.29. The van der Waals surface area contributed by atoms with Gasteiger partial charge in [-0.05, 0) is 38.1 Å². The summed E-state index contributed by atoms with van der Waals surface area (Å²) in [5.41, 5.74) is 2.11. The molecule has 2 amide bonds. The normalized spacial score (nSPS) is 22.4. The van der Waals surface area contributed by atoms with E-state index in [1.54, 1.807) is 6.07 Å². The number of fused-ring (bicyclic) bond motifs is 2. The first-order valence-corrected chi connectivity index (χ1v) is 10.9. The number of carbonyl (C=O) groups is 2. The van der Waals surface area contributed by atoms with Crippen molar-refractivity contribution in [2.45, 2.75) is 25.2 Å². The Morgan fingerprint density at radius 2 is 2.09 bits per heavy atom. The van der Waals surface area contributed by atoms with Crippen LogP contribution >= 0.6 is 0 Å². The van der Waals surface area contributed by atoms with Gasteiger partial charge in [0.2, 0.25) is 5.91 Å². The molecule has 32 heavy (non-hydrogen) atoms. The van der Waals surface area contributed by atoms with E-state index in [4.69, 9.17) is 9.26 Å². The minimum atomic E-state index is -0.370. The fourth-order valence-electron chi connectivity index (χ4n) is 4.50. The van der Waals surface area contributed by atoms with E-state index in [1.807, 2.05) is 0 Å². The molecule has 0 bridgehead atoms. The van der Waals surface area contributed by atoms with Crippen molar-refractivity contribution in [1.82, 2.24) is 15.4 Å². The van der Waals surface area contributed by atoms with E-state index in [0.717, 1.165) is 42.7 Å². The molecule has 2 aromatic rings. The van der Waals surface area contributed by atoms with Gasteiger partial charge in [-0.15, -0.1) is 0 Å². The average molecular weight is 441 g/mol. The number of rotatable bonds is 5. The highest BCUT2D eigenvalue weighted by Gasteiger charge is 2.31. The molecule has 1 unspecified atom stereocenters. The van der Waals surface area contributed by atoms with Crippen molar-refractivity contribution in [2.75, 3.05) is 39.4 Å². The molecule has 3 aliphatic heterocycles. The van der Waals surface area contributed by atoms with Crippen molar-refractivity contribution in [3.8, 4) is 0 Å². The Morgan fingerprint density at radius 3 is 2.94 bits per heavy atom. The van der Waals surface area contributed by atoms with Crippen LogP contribution < -0.4 is 5.32 Å². The van der Waals surface area contributed by atoms with Gasteiger partial charge in [-0.25, -0.2) is 9.38 Å². The minimum Gasteiger partial charge on any atom is -0.380 e. The second kappa shape index (κ2) is 8.87. The summed E-state index contributed by atoms with van der Waals surface area (Å²) in [6, 6.07) is 4.48. The quantitative estimate of drug-likeness (QED) is 0.756. The third-order valence-electron chi connectivity index (χ3n) is 6.25. The first-order chi connectivity index (χ1) is 15.6. The number of halogens is 1. The molecule has 168 valence electrons. The Bertz CT molecular complexity index is 1100. The number of aromatic nitrogens is 1. The lowest BCUT2D eigenvalue weighted by Crippen LogP contribution is -2.43. The van der Waals surface area contributed by atoms with E-state index >= 15 is 0 Å². The Morgan fingerprint density at radius 1 is 1.25 bits per heavy atom. The highest BCUT2D eigenvalue weighted by Crippen LogP contribution is 2.32. The Balaban J connectivity index is 1.11. The van der Waals surface area contributed by atoms with Crippen molar-refractivity contribution >= 4 is 34.3 Å². The number of aliphatic imine (C=N–C) groups is 2. The first-order valence-electron chi connectivity index (χ1n) is 10.9. The van der Waals surface area contributed by atoms with Crippen LogP contribution in [0.25, 0.3) is 11.0 Å². The molecular formula is C22H24FN5O4. The van der Waals surface area contributed by atoms with Crippen LogP contribution in [0.1, 0.15) is 30.9 Å². The van der Waals surface area contributed by atoms with Gasteiger partial charge in [-0.2, -0.15) is 4.99 Å². The van der Waals surface area contributed by atoms with Crippen LogP contribution in [0.5, 0.6) is 0 Å². The number of piperidine rings is 1. The van der Waals surface area contributed by atoms with Crippen LogP contribution in [0.3, 0.4) is 0 Å². The Labute approximate surface area is 183 Å². The van der Waals surface area contributed by atoms with Gasteiger partial charge in [0.1, 0.15) is 11.7 Å². The zero-order chi connectivity index (χ0) is 22.1. The van der Waals surface area contributed by atoms with Crippen molar-refractivity contribution in [1.29, 1.82) is 0 Å². The number of ether oxygens (including phenoxy) is 1. The molecule has 1 aromatic carbocycles. The highest BCUT2D eigenvalue weighted by atomic mass is 19.1. The molecule has 1 N–H and O–H groups in total. The molecular weight excluding hydrogens is 417 g/mol. The summed E-state index contributed by atoms with van der Waals surface area (Å²) in [5.74, 6) is -0.523. The number of amidine groups is 1. The predicted molar refractivity (Wildman–Crippen MR) is 114 cm³/mol. The van der Waals surface area contributed by atoms with Crippen molar-refractivity contribution < 1.29 is 23.2 Å². The van der Waals surface area contributed by atoms with Gasteiger partial charge in [-0.1, -0.05) is 5.16 Å². The molecule has 9 nitrogen and oxygen atoms in total. The van der Waals surface area contributed by atoms with Gasteiger partial charge in [0.05, 0.1) is 32.0 Å². The molecule has 0 radical (unpaired) electrons. The summed E-state index contributed by atoms with van der Waals surface area (Å²) < 4.78 is 24.0. The van der Waals surface area contributed by atoms with Crippen LogP contribution in [-0.2, 0) is 14.3 Å². The number of nitrogens with one attached hydrogen (secondary N) is 1. The first kappa shape index (κ1) is 20.9. The summed E-state index contributed by atoms with van der Waals surface area (Å²) in [5, 5.41) is 7.83. The summed E-state index contributed by atoms with van der Waals surface area (Å²) >= 11 is 0. The molecule has 4 heterocycles. The zero-order valence-electron chi connectivity index (χ0n) is 17.6. The molecule has 5 rings (SSSR count). The van der Waals surface area contributed by atoms with Gasteiger partial charge in [0.25, 0.3) is 5.91 Å². The highest BCUT2D eigenvalue weighted by molar-refractivity contribution is 6.17. The van der Waals surface area contributed by atoms with E-state index < -0.39 is 0 Å². The molecule has 0 saturated carbocycles. The number of nitrogens with zero attached hydrogens (tertiary/aromatic N) is 4. The number of likely N-dealkylation sites (tertiary alicyclic amines) is 1. The van der Waals surface area contributed by atoms with E-state index in [1.165, 1.54) is 12.1 Å². The van der Waals surface area contributed by atoms with Gasteiger partial charge in [-0.3, -0.25) is 14.5 Å². The molecule has 10 heteroatoms. The lowest BCUT2D eigenvalue weighted by Gasteiger charge is -2.30. The molecule has 1 atom stereocenters. The van der Waals surface area contributed by atoms with Crippen molar-refractivity contribution in [2.24, 2.45) is 15.9 Å². The topological polar surface area (TPSA) is 109 Å². The summed E-state index contributed by atoms with van der Waals surface area (Å²) in [4.78, 5) is 35.1. The SMILES string of the molecule is O=C(CN1CCC(c2noc3cc(F)ccc23)CC1)NCC1=NC(=O)C2COCCC2=N1. The zero-order valence-corrected chi connectivity index (χ0v) is 17.6. The predicted octanol–water partition coefficient (Wildman–Crippen LogP) is 1.68. The van der Waals surface area contributed by atoms with Crippen molar-refractivity contribution in [3.63, 3.8) is 0 Å².